The first-order valence-electron chi connectivity index (χ1n) is 7.87. The van der Waals surface area contributed by atoms with E-state index in [0.717, 1.165) is 28.4 Å². The zero-order valence-corrected chi connectivity index (χ0v) is 15.3. The summed E-state index contributed by atoms with van der Waals surface area (Å²) in [6.07, 6.45) is 0. The van der Waals surface area contributed by atoms with Gasteiger partial charge in [0.25, 0.3) is 0 Å². The van der Waals surface area contributed by atoms with Gasteiger partial charge in [0, 0.05) is 33.6 Å². The first-order chi connectivity index (χ1) is 11.7. The average Bonchev–Trinajstić information content (AvgIpc) is 3.14. The molecular weight excluding hydrogens is 338 g/mol. The fourth-order valence-electron chi connectivity index (χ4n) is 2.66. The van der Waals surface area contributed by atoms with Crippen molar-refractivity contribution in [1.29, 1.82) is 0 Å². The molecule has 1 N–H and O–H groups in total. The minimum absolute atomic E-state index is 0.330. The van der Waals surface area contributed by atoms with Crippen LogP contribution in [0.5, 0.6) is 5.75 Å². The summed E-state index contributed by atoms with van der Waals surface area (Å²) in [4.78, 5) is 1.34. The van der Waals surface area contributed by atoms with Gasteiger partial charge < -0.3 is 10.1 Å². The molecule has 0 aliphatic heterocycles. The lowest BCUT2D eigenvalue weighted by molar-refractivity contribution is 0.416. The highest BCUT2D eigenvalue weighted by Crippen LogP contribution is 2.35. The lowest BCUT2D eigenvalue weighted by Gasteiger charge is -2.15. The van der Waals surface area contributed by atoms with Crippen LogP contribution in [-0.4, -0.2) is 7.11 Å². The third-order valence-corrected chi connectivity index (χ3v) is 5.39. The molecule has 0 radical (unpaired) electrons. The summed E-state index contributed by atoms with van der Waals surface area (Å²) in [6.45, 7) is 2.98. The molecule has 4 heteroatoms. The van der Waals surface area contributed by atoms with E-state index in [4.69, 9.17) is 16.3 Å². The predicted molar refractivity (Wildman–Crippen MR) is 103 cm³/mol. The van der Waals surface area contributed by atoms with Crippen LogP contribution >= 0.6 is 22.9 Å². The summed E-state index contributed by atoms with van der Waals surface area (Å²) in [5.74, 6) is 0.832. The molecule has 0 bridgehead atoms. The minimum Gasteiger partial charge on any atom is -0.496 e. The van der Waals surface area contributed by atoms with E-state index in [1.54, 1.807) is 18.4 Å². The maximum atomic E-state index is 6.37. The number of ether oxygens (including phenoxy) is 1. The second-order valence-electron chi connectivity index (χ2n) is 5.63. The first kappa shape index (κ1) is 17.0. The van der Waals surface area contributed by atoms with Crippen molar-refractivity contribution < 1.29 is 4.74 Å². The van der Waals surface area contributed by atoms with Gasteiger partial charge in [-0.3, -0.25) is 0 Å². The molecule has 0 saturated carbocycles. The van der Waals surface area contributed by atoms with Gasteiger partial charge in [0.1, 0.15) is 5.75 Å². The molecule has 2 nitrogen and oxygen atoms in total. The summed E-state index contributed by atoms with van der Waals surface area (Å²) in [5, 5.41) is 6.41. The molecule has 2 aromatic carbocycles. The molecule has 0 spiro atoms. The summed E-state index contributed by atoms with van der Waals surface area (Å²) in [7, 11) is 1.69. The molecule has 3 aromatic rings. The molecule has 24 heavy (non-hydrogen) atoms. The van der Waals surface area contributed by atoms with E-state index < -0.39 is 0 Å². The van der Waals surface area contributed by atoms with Gasteiger partial charge in [-0.1, -0.05) is 41.9 Å². The van der Waals surface area contributed by atoms with Crippen molar-refractivity contribution in [1.82, 2.24) is 5.32 Å². The van der Waals surface area contributed by atoms with Crippen LogP contribution in [0.1, 0.15) is 23.4 Å². The Kier molecular flexibility index (Phi) is 5.56. The normalized spacial score (nSPS) is 12.1. The van der Waals surface area contributed by atoms with Crippen LogP contribution < -0.4 is 10.1 Å². The van der Waals surface area contributed by atoms with Gasteiger partial charge >= 0.3 is 0 Å². The predicted octanol–water partition coefficient (Wildman–Crippen LogP) is 5.93. The Morgan fingerprint density at radius 3 is 2.62 bits per heavy atom. The molecule has 3 rings (SSSR count). The number of benzene rings is 2. The number of thiophene rings is 1. The van der Waals surface area contributed by atoms with E-state index >= 15 is 0 Å². The Morgan fingerprint density at radius 1 is 1.08 bits per heavy atom. The molecular formula is C20H20ClNOS. The molecule has 0 amide bonds. The number of methoxy groups -OCH3 is 1. The van der Waals surface area contributed by atoms with E-state index in [9.17, 15) is 0 Å². The van der Waals surface area contributed by atoms with E-state index in [1.807, 2.05) is 30.3 Å². The number of nitrogens with one attached hydrogen (secondary N) is 1. The highest BCUT2D eigenvalue weighted by atomic mass is 35.5. The molecule has 1 aromatic heterocycles. The average molecular weight is 358 g/mol. The summed E-state index contributed by atoms with van der Waals surface area (Å²) >= 11 is 8.14. The zero-order chi connectivity index (χ0) is 16.9. The number of hydrogen-bond acceptors (Lipinski definition) is 3. The van der Waals surface area contributed by atoms with Gasteiger partial charge in [-0.2, -0.15) is 0 Å². The highest BCUT2D eigenvalue weighted by molar-refractivity contribution is 7.10. The van der Waals surface area contributed by atoms with Crippen LogP contribution in [-0.2, 0) is 6.54 Å². The third kappa shape index (κ3) is 3.81. The quantitative estimate of drug-likeness (QED) is 0.590. The second kappa shape index (κ2) is 7.84. The Morgan fingerprint density at radius 2 is 1.92 bits per heavy atom. The minimum atomic E-state index is 0.330. The van der Waals surface area contributed by atoms with E-state index in [1.165, 1.54) is 10.4 Å². The Bertz CT molecular complexity index is 801. The van der Waals surface area contributed by atoms with E-state index in [-0.39, 0.29) is 0 Å². The standard InChI is InChI=1S/C20H20ClNOS/c1-14(20-8-5-11-24-20)22-13-15-9-10-19(23-2)17(12-15)16-6-3-4-7-18(16)21/h3-12,14,22H,13H2,1-2H3. The second-order valence-corrected chi connectivity index (χ2v) is 7.02. The van der Waals surface area contributed by atoms with Gasteiger partial charge in [0.05, 0.1) is 7.11 Å². The first-order valence-corrected chi connectivity index (χ1v) is 9.13. The van der Waals surface area contributed by atoms with Crippen molar-refractivity contribution in [3.63, 3.8) is 0 Å². The monoisotopic (exact) mass is 357 g/mol. The van der Waals surface area contributed by atoms with Crippen LogP contribution in [0.3, 0.4) is 0 Å². The number of halogens is 1. The van der Waals surface area contributed by atoms with Crippen molar-refractivity contribution in [2.45, 2.75) is 19.5 Å². The van der Waals surface area contributed by atoms with Crippen LogP contribution in [0.2, 0.25) is 5.02 Å². The lowest BCUT2D eigenvalue weighted by Crippen LogP contribution is -2.17. The Hall–Kier alpha value is -1.81. The molecule has 0 aliphatic carbocycles. The maximum absolute atomic E-state index is 6.37. The Balaban J connectivity index is 1.83. The molecule has 0 saturated heterocycles. The molecule has 0 aliphatic rings. The van der Waals surface area contributed by atoms with Crippen LogP contribution in [0.25, 0.3) is 11.1 Å². The molecule has 124 valence electrons. The maximum Gasteiger partial charge on any atom is 0.126 e. The summed E-state index contributed by atoms with van der Waals surface area (Å²) in [5.41, 5.74) is 3.21. The van der Waals surface area contributed by atoms with Gasteiger partial charge in [-0.05, 0) is 42.1 Å². The van der Waals surface area contributed by atoms with E-state index in [0.29, 0.717) is 6.04 Å². The zero-order valence-electron chi connectivity index (χ0n) is 13.8. The highest BCUT2D eigenvalue weighted by Gasteiger charge is 2.11. The number of hydrogen-bond donors (Lipinski definition) is 1. The molecule has 1 heterocycles. The van der Waals surface area contributed by atoms with Gasteiger partial charge in [0.15, 0.2) is 0 Å². The third-order valence-electron chi connectivity index (χ3n) is 4.01. The Labute approximate surface area is 152 Å². The van der Waals surface area contributed by atoms with Crippen molar-refractivity contribution in [3.8, 4) is 16.9 Å². The van der Waals surface area contributed by atoms with Crippen LogP contribution in [0.15, 0.2) is 60.0 Å². The smallest absolute Gasteiger partial charge is 0.126 e. The van der Waals surface area contributed by atoms with Crippen molar-refractivity contribution in [2.24, 2.45) is 0 Å². The SMILES string of the molecule is COc1ccc(CNC(C)c2cccs2)cc1-c1ccccc1Cl. The molecule has 0 fully saturated rings. The van der Waals surface area contributed by atoms with Gasteiger partial charge in [0.2, 0.25) is 0 Å². The fraction of sp³-hybridized carbons (Fsp3) is 0.200. The van der Waals surface area contributed by atoms with Crippen molar-refractivity contribution in [2.75, 3.05) is 7.11 Å². The van der Waals surface area contributed by atoms with Crippen molar-refractivity contribution >= 4 is 22.9 Å². The van der Waals surface area contributed by atoms with Crippen molar-refractivity contribution in [3.05, 3.63) is 75.4 Å². The molecule has 1 unspecified atom stereocenters. The number of rotatable bonds is 6. The summed E-state index contributed by atoms with van der Waals surface area (Å²) in [6, 6.07) is 18.7. The lowest BCUT2D eigenvalue weighted by atomic mass is 10.0. The van der Waals surface area contributed by atoms with Gasteiger partial charge in [-0.25, -0.2) is 0 Å². The van der Waals surface area contributed by atoms with Crippen LogP contribution in [0, 0.1) is 0 Å². The topological polar surface area (TPSA) is 21.3 Å². The van der Waals surface area contributed by atoms with E-state index in [2.05, 4.69) is 41.9 Å². The largest absolute Gasteiger partial charge is 0.496 e. The summed E-state index contributed by atoms with van der Waals surface area (Å²) < 4.78 is 5.52. The molecule has 1 atom stereocenters. The fourth-order valence-corrected chi connectivity index (χ4v) is 3.66. The van der Waals surface area contributed by atoms with Crippen LogP contribution in [0.4, 0.5) is 0 Å². The van der Waals surface area contributed by atoms with Gasteiger partial charge in [-0.15, -0.1) is 11.3 Å².